The van der Waals surface area contributed by atoms with Crippen molar-refractivity contribution in [3.63, 3.8) is 0 Å². The summed E-state index contributed by atoms with van der Waals surface area (Å²) in [6.07, 6.45) is 0. The van der Waals surface area contributed by atoms with E-state index in [0.29, 0.717) is 0 Å². The standard InChI is InChI=1S/C7H10ClNO4/c1-3-13-7(11)6(9-12-2)5(10)4-8/h3-4H2,1-2H3/b9-6-. The van der Waals surface area contributed by atoms with Crippen molar-refractivity contribution in [3.8, 4) is 0 Å². The Hall–Kier alpha value is -1.10. The summed E-state index contributed by atoms with van der Waals surface area (Å²) in [5, 5.41) is 3.22. The van der Waals surface area contributed by atoms with E-state index in [1.165, 1.54) is 7.11 Å². The predicted molar refractivity (Wildman–Crippen MR) is 46.8 cm³/mol. The summed E-state index contributed by atoms with van der Waals surface area (Å²) in [5.41, 5.74) is -0.417. The minimum Gasteiger partial charge on any atom is -0.461 e. The molecule has 0 radical (unpaired) electrons. The van der Waals surface area contributed by atoms with Crippen molar-refractivity contribution >= 4 is 29.1 Å². The first kappa shape index (κ1) is 11.9. The molecular formula is C7H10ClNO4. The summed E-state index contributed by atoms with van der Waals surface area (Å²) in [6, 6.07) is 0. The Bertz CT molecular complexity index is 227. The van der Waals surface area contributed by atoms with Gasteiger partial charge in [0.2, 0.25) is 11.5 Å². The molecule has 0 saturated carbocycles. The molecule has 0 bridgehead atoms. The van der Waals surface area contributed by atoms with Crippen LogP contribution in [0.5, 0.6) is 0 Å². The fourth-order valence-corrected chi connectivity index (χ4v) is 0.683. The number of nitrogens with zero attached hydrogens (tertiary/aromatic N) is 1. The van der Waals surface area contributed by atoms with Crippen LogP contribution in [0, 0.1) is 0 Å². The SMILES string of the molecule is CCOC(=O)/C(=N\OC)C(=O)CCl. The van der Waals surface area contributed by atoms with E-state index >= 15 is 0 Å². The summed E-state index contributed by atoms with van der Waals surface area (Å²) in [6.45, 7) is 1.78. The van der Waals surface area contributed by atoms with Crippen molar-refractivity contribution in [2.24, 2.45) is 5.16 Å². The van der Waals surface area contributed by atoms with Crippen LogP contribution in [0.25, 0.3) is 0 Å². The summed E-state index contributed by atoms with van der Waals surface area (Å²) in [7, 11) is 1.22. The molecule has 6 heteroatoms. The number of alkyl halides is 1. The maximum atomic E-state index is 11.0. The molecule has 0 fully saturated rings. The molecule has 0 rings (SSSR count). The van der Waals surface area contributed by atoms with E-state index in [2.05, 4.69) is 14.7 Å². The molecule has 0 heterocycles. The number of hydrogen-bond donors (Lipinski definition) is 0. The number of oxime groups is 1. The normalized spacial score (nSPS) is 10.8. The Morgan fingerprint density at radius 2 is 2.08 bits per heavy atom. The molecule has 0 aliphatic heterocycles. The molecule has 0 atom stereocenters. The minimum absolute atomic E-state index is 0.164. The highest BCUT2D eigenvalue weighted by Gasteiger charge is 2.21. The van der Waals surface area contributed by atoms with Crippen LogP contribution >= 0.6 is 11.6 Å². The van der Waals surface area contributed by atoms with Gasteiger partial charge in [-0.1, -0.05) is 5.16 Å². The quantitative estimate of drug-likeness (QED) is 0.215. The summed E-state index contributed by atoms with van der Waals surface area (Å²) >= 11 is 5.23. The zero-order valence-corrected chi connectivity index (χ0v) is 8.13. The molecule has 5 nitrogen and oxygen atoms in total. The topological polar surface area (TPSA) is 65.0 Å². The van der Waals surface area contributed by atoms with Crippen LogP contribution in [-0.4, -0.2) is 37.1 Å². The molecule has 0 aromatic carbocycles. The van der Waals surface area contributed by atoms with E-state index in [1.807, 2.05) is 0 Å². The van der Waals surface area contributed by atoms with Gasteiger partial charge < -0.3 is 9.57 Å². The minimum atomic E-state index is -0.824. The van der Waals surface area contributed by atoms with Crippen molar-refractivity contribution in [2.45, 2.75) is 6.92 Å². The van der Waals surface area contributed by atoms with Gasteiger partial charge in [0.05, 0.1) is 12.5 Å². The van der Waals surface area contributed by atoms with Crippen LogP contribution in [0.1, 0.15) is 6.92 Å². The van der Waals surface area contributed by atoms with Gasteiger partial charge in [-0.05, 0) is 6.92 Å². The first-order chi connectivity index (χ1) is 6.17. The van der Waals surface area contributed by atoms with E-state index in [1.54, 1.807) is 6.92 Å². The molecule has 0 amide bonds. The third-order valence-electron chi connectivity index (χ3n) is 1.04. The highest BCUT2D eigenvalue weighted by atomic mass is 35.5. The van der Waals surface area contributed by atoms with Crippen LogP contribution in [0.2, 0.25) is 0 Å². The first-order valence-electron chi connectivity index (χ1n) is 3.54. The van der Waals surface area contributed by atoms with Crippen LogP contribution in [-0.2, 0) is 19.2 Å². The van der Waals surface area contributed by atoms with Crippen LogP contribution in [0.3, 0.4) is 0 Å². The molecular weight excluding hydrogens is 198 g/mol. The number of Topliss-reactive ketones (excluding diaryl/α,β-unsaturated/α-hetero) is 1. The number of esters is 1. The van der Waals surface area contributed by atoms with Gasteiger partial charge in [-0.25, -0.2) is 4.79 Å². The second-order valence-corrected chi connectivity index (χ2v) is 2.17. The molecule has 0 N–H and O–H groups in total. The summed E-state index contributed by atoms with van der Waals surface area (Å²) < 4.78 is 4.55. The predicted octanol–water partition coefficient (Wildman–Crippen LogP) is 0.360. The fraction of sp³-hybridized carbons (Fsp3) is 0.571. The van der Waals surface area contributed by atoms with Gasteiger partial charge in [-0.2, -0.15) is 0 Å². The van der Waals surface area contributed by atoms with E-state index in [9.17, 15) is 9.59 Å². The molecule has 0 aliphatic rings. The van der Waals surface area contributed by atoms with E-state index in [4.69, 9.17) is 11.6 Å². The Morgan fingerprint density at radius 1 is 1.46 bits per heavy atom. The lowest BCUT2D eigenvalue weighted by atomic mass is 10.3. The maximum absolute atomic E-state index is 11.0. The van der Waals surface area contributed by atoms with Gasteiger partial charge in [0.15, 0.2) is 0 Å². The lowest BCUT2D eigenvalue weighted by Gasteiger charge is -2.01. The summed E-state index contributed by atoms with van der Waals surface area (Å²) in [5.74, 6) is -1.78. The van der Waals surface area contributed by atoms with E-state index in [0.717, 1.165) is 0 Å². The second kappa shape index (κ2) is 6.42. The lowest BCUT2D eigenvalue weighted by molar-refractivity contribution is -0.135. The third kappa shape index (κ3) is 3.89. The van der Waals surface area contributed by atoms with E-state index < -0.39 is 17.5 Å². The van der Waals surface area contributed by atoms with E-state index in [-0.39, 0.29) is 12.5 Å². The Kier molecular flexibility index (Phi) is 5.88. The molecule has 0 aromatic heterocycles. The van der Waals surface area contributed by atoms with Gasteiger partial charge >= 0.3 is 5.97 Å². The highest BCUT2D eigenvalue weighted by Crippen LogP contribution is 1.91. The number of carbonyl (C=O) groups excluding carboxylic acids is 2. The Labute approximate surface area is 80.6 Å². The lowest BCUT2D eigenvalue weighted by Crippen LogP contribution is -2.27. The van der Waals surface area contributed by atoms with Crippen LogP contribution < -0.4 is 0 Å². The molecule has 0 aliphatic carbocycles. The molecule has 74 valence electrons. The Morgan fingerprint density at radius 3 is 2.46 bits per heavy atom. The van der Waals surface area contributed by atoms with Gasteiger partial charge in [0, 0.05) is 0 Å². The zero-order valence-electron chi connectivity index (χ0n) is 7.37. The van der Waals surface area contributed by atoms with Crippen LogP contribution in [0.4, 0.5) is 0 Å². The third-order valence-corrected chi connectivity index (χ3v) is 1.28. The Balaban J connectivity index is 4.52. The largest absolute Gasteiger partial charge is 0.461 e. The van der Waals surface area contributed by atoms with Crippen LogP contribution in [0.15, 0.2) is 5.16 Å². The first-order valence-corrected chi connectivity index (χ1v) is 4.08. The van der Waals surface area contributed by atoms with Gasteiger partial charge in [-0.15, -0.1) is 11.6 Å². The van der Waals surface area contributed by atoms with Gasteiger partial charge in [0.25, 0.3) is 0 Å². The molecule has 0 spiro atoms. The zero-order chi connectivity index (χ0) is 10.3. The molecule has 0 saturated heterocycles. The average Bonchev–Trinajstić information content (AvgIpc) is 2.13. The van der Waals surface area contributed by atoms with Crippen molar-refractivity contribution in [3.05, 3.63) is 0 Å². The summed E-state index contributed by atoms with van der Waals surface area (Å²) in [4.78, 5) is 26.3. The van der Waals surface area contributed by atoms with Crippen molar-refractivity contribution in [2.75, 3.05) is 19.6 Å². The number of halogens is 1. The number of hydrogen-bond acceptors (Lipinski definition) is 5. The van der Waals surface area contributed by atoms with Gasteiger partial charge in [0.1, 0.15) is 7.11 Å². The average molecular weight is 208 g/mol. The number of ketones is 1. The second-order valence-electron chi connectivity index (χ2n) is 1.90. The van der Waals surface area contributed by atoms with Crippen molar-refractivity contribution < 1.29 is 19.2 Å². The fourth-order valence-electron chi connectivity index (χ4n) is 0.556. The van der Waals surface area contributed by atoms with Crippen molar-refractivity contribution in [1.29, 1.82) is 0 Å². The molecule has 0 unspecified atom stereocenters. The number of rotatable bonds is 5. The number of ether oxygens (including phenoxy) is 1. The monoisotopic (exact) mass is 207 g/mol. The smallest absolute Gasteiger partial charge is 0.364 e. The molecule has 0 aromatic rings. The maximum Gasteiger partial charge on any atom is 0.364 e. The van der Waals surface area contributed by atoms with Crippen molar-refractivity contribution in [1.82, 2.24) is 0 Å². The molecule has 13 heavy (non-hydrogen) atoms. The highest BCUT2D eigenvalue weighted by molar-refractivity contribution is 6.67. The van der Waals surface area contributed by atoms with Gasteiger partial charge in [-0.3, -0.25) is 4.79 Å². The number of carbonyl (C=O) groups is 2.